The maximum atomic E-state index is 11.8. The molecule has 7 heteroatoms. The first-order chi connectivity index (χ1) is 12.6. The van der Waals surface area contributed by atoms with E-state index in [2.05, 4.69) is 34.3 Å². The molecular formula is C20H32IN3O3. The zero-order valence-electron chi connectivity index (χ0n) is 16.6. The maximum absolute atomic E-state index is 11.8. The fraction of sp³-hybridized carbons (Fsp3) is 0.600. The topological polar surface area (TPSA) is 63.2 Å². The van der Waals surface area contributed by atoms with Crippen LogP contribution in [0.4, 0.5) is 0 Å². The number of likely N-dealkylation sites (tertiary alicyclic amines) is 1. The lowest BCUT2D eigenvalue weighted by atomic mass is 9.97. The van der Waals surface area contributed by atoms with Gasteiger partial charge in [-0.25, -0.2) is 0 Å². The number of ether oxygens (including phenoxy) is 2. The van der Waals surface area contributed by atoms with Crippen molar-refractivity contribution in [2.24, 2.45) is 10.9 Å². The van der Waals surface area contributed by atoms with Crippen molar-refractivity contribution in [3.8, 4) is 5.75 Å². The summed E-state index contributed by atoms with van der Waals surface area (Å²) in [4.78, 5) is 18.4. The smallest absolute Gasteiger partial charge is 0.309 e. The average molecular weight is 489 g/mol. The highest BCUT2D eigenvalue weighted by atomic mass is 127. The van der Waals surface area contributed by atoms with Crippen LogP contribution in [0.25, 0.3) is 0 Å². The lowest BCUT2D eigenvalue weighted by molar-refractivity contribution is -0.149. The van der Waals surface area contributed by atoms with Crippen molar-refractivity contribution >= 4 is 35.9 Å². The van der Waals surface area contributed by atoms with Gasteiger partial charge in [0.25, 0.3) is 0 Å². The zero-order chi connectivity index (χ0) is 18.8. The van der Waals surface area contributed by atoms with Crippen LogP contribution < -0.4 is 10.1 Å². The van der Waals surface area contributed by atoms with Crippen LogP contribution in [0.1, 0.15) is 31.7 Å². The van der Waals surface area contributed by atoms with Crippen molar-refractivity contribution in [1.82, 2.24) is 10.2 Å². The number of rotatable bonds is 7. The fourth-order valence-electron chi connectivity index (χ4n) is 3.02. The van der Waals surface area contributed by atoms with E-state index in [0.29, 0.717) is 13.2 Å². The molecule has 0 aromatic heterocycles. The number of halogens is 1. The van der Waals surface area contributed by atoms with Crippen LogP contribution in [-0.2, 0) is 9.53 Å². The van der Waals surface area contributed by atoms with Crippen molar-refractivity contribution < 1.29 is 14.3 Å². The Morgan fingerprint density at radius 1 is 1.26 bits per heavy atom. The van der Waals surface area contributed by atoms with Crippen LogP contribution in [0.5, 0.6) is 5.75 Å². The van der Waals surface area contributed by atoms with Crippen molar-refractivity contribution in [3.63, 3.8) is 0 Å². The van der Waals surface area contributed by atoms with Gasteiger partial charge in [-0.2, -0.15) is 0 Å². The number of nitrogens with one attached hydrogen (secondary N) is 1. The summed E-state index contributed by atoms with van der Waals surface area (Å²) in [5.41, 5.74) is 1.23. The highest BCUT2D eigenvalue weighted by Gasteiger charge is 2.27. The number of guanidine groups is 1. The number of nitrogens with zero attached hydrogens (tertiary/aromatic N) is 2. The highest BCUT2D eigenvalue weighted by Crippen LogP contribution is 2.18. The SMILES string of the molecule is CCOC(=O)C1CCN(C(=NC)NCCCOc2ccc(C)cc2)CC1.I. The van der Waals surface area contributed by atoms with Gasteiger partial charge in [-0.1, -0.05) is 17.7 Å². The summed E-state index contributed by atoms with van der Waals surface area (Å²) in [6, 6.07) is 8.09. The molecule has 0 aliphatic carbocycles. The summed E-state index contributed by atoms with van der Waals surface area (Å²) in [6.45, 7) is 7.48. The predicted molar refractivity (Wildman–Crippen MR) is 119 cm³/mol. The summed E-state index contributed by atoms with van der Waals surface area (Å²) in [7, 11) is 1.79. The number of aryl methyl sites for hydroxylation is 1. The second-order valence-corrected chi connectivity index (χ2v) is 6.50. The second-order valence-electron chi connectivity index (χ2n) is 6.50. The first-order valence-corrected chi connectivity index (χ1v) is 9.45. The molecule has 0 unspecified atom stereocenters. The van der Waals surface area contributed by atoms with Crippen LogP contribution in [0, 0.1) is 12.8 Å². The first kappa shape index (κ1) is 23.5. The van der Waals surface area contributed by atoms with Crippen LogP contribution >= 0.6 is 24.0 Å². The minimum atomic E-state index is -0.0663. The molecular weight excluding hydrogens is 457 g/mol. The molecule has 0 saturated carbocycles. The molecule has 0 radical (unpaired) electrons. The normalized spacial score (nSPS) is 15.1. The van der Waals surface area contributed by atoms with Gasteiger partial charge >= 0.3 is 5.97 Å². The molecule has 2 rings (SSSR count). The van der Waals surface area contributed by atoms with Gasteiger partial charge in [-0.05, 0) is 45.2 Å². The second kappa shape index (κ2) is 12.8. The predicted octanol–water partition coefficient (Wildman–Crippen LogP) is 3.23. The van der Waals surface area contributed by atoms with E-state index in [4.69, 9.17) is 9.47 Å². The monoisotopic (exact) mass is 489 g/mol. The summed E-state index contributed by atoms with van der Waals surface area (Å²) >= 11 is 0. The van der Waals surface area contributed by atoms with E-state index >= 15 is 0 Å². The molecule has 0 atom stereocenters. The van der Waals surface area contributed by atoms with Crippen molar-refractivity contribution in [2.75, 3.05) is 39.9 Å². The van der Waals surface area contributed by atoms with E-state index in [1.54, 1.807) is 7.05 Å². The lowest BCUT2D eigenvalue weighted by Crippen LogP contribution is -2.47. The third-order valence-corrected chi connectivity index (χ3v) is 4.52. The Morgan fingerprint density at radius 2 is 1.93 bits per heavy atom. The molecule has 0 bridgehead atoms. The van der Waals surface area contributed by atoms with Gasteiger partial charge in [0, 0.05) is 26.7 Å². The third-order valence-electron chi connectivity index (χ3n) is 4.52. The number of piperidine rings is 1. The van der Waals surface area contributed by atoms with E-state index in [1.165, 1.54) is 5.56 Å². The number of hydrogen-bond acceptors (Lipinski definition) is 4. The zero-order valence-corrected chi connectivity index (χ0v) is 18.9. The maximum Gasteiger partial charge on any atom is 0.309 e. The van der Waals surface area contributed by atoms with Crippen molar-refractivity contribution in [2.45, 2.75) is 33.1 Å². The van der Waals surface area contributed by atoms with Crippen LogP contribution in [0.2, 0.25) is 0 Å². The van der Waals surface area contributed by atoms with E-state index in [1.807, 2.05) is 19.1 Å². The molecule has 1 aliphatic rings. The third kappa shape index (κ3) is 7.94. The molecule has 152 valence electrons. The van der Waals surface area contributed by atoms with E-state index in [-0.39, 0.29) is 35.9 Å². The molecule has 27 heavy (non-hydrogen) atoms. The lowest BCUT2D eigenvalue weighted by Gasteiger charge is -2.33. The molecule has 1 aliphatic heterocycles. The van der Waals surface area contributed by atoms with Crippen molar-refractivity contribution in [3.05, 3.63) is 29.8 Å². The van der Waals surface area contributed by atoms with Crippen LogP contribution in [0.15, 0.2) is 29.3 Å². The molecule has 1 saturated heterocycles. The largest absolute Gasteiger partial charge is 0.494 e. The van der Waals surface area contributed by atoms with Gasteiger partial charge in [0.1, 0.15) is 5.75 Å². The number of hydrogen-bond donors (Lipinski definition) is 1. The Morgan fingerprint density at radius 3 is 2.52 bits per heavy atom. The molecule has 1 aromatic carbocycles. The quantitative estimate of drug-likeness (QED) is 0.210. The Bertz CT molecular complexity index is 585. The molecule has 1 N–H and O–H groups in total. The number of carbonyl (C=O) groups excluding carboxylic acids is 1. The standard InChI is InChI=1S/C20H31N3O3.HI/c1-4-25-19(24)17-10-13-23(14-11-17)20(21-3)22-12-5-15-26-18-8-6-16(2)7-9-18;/h6-9,17H,4-5,10-15H2,1-3H3,(H,21,22);1H. The van der Waals surface area contributed by atoms with Crippen LogP contribution in [-0.4, -0.2) is 56.7 Å². The fourth-order valence-corrected chi connectivity index (χ4v) is 3.02. The van der Waals surface area contributed by atoms with Gasteiger partial charge < -0.3 is 19.7 Å². The van der Waals surface area contributed by atoms with Gasteiger partial charge in [0.05, 0.1) is 19.1 Å². The average Bonchev–Trinajstić information content (AvgIpc) is 2.66. The minimum Gasteiger partial charge on any atom is -0.494 e. The Hall–Kier alpha value is -1.51. The van der Waals surface area contributed by atoms with E-state index < -0.39 is 0 Å². The molecule has 1 aromatic rings. The number of benzene rings is 1. The highest BCUT2D eigenvalue weighted by molar-refractivity contribution is 14.0. The number of aliphatic imine (C=N–C) groups is 1. The number of carbonyl (C=O) groups is 1. The van der Waals surface area contributed by atoms with Gasteiger partial charge in [-0.15, -0.1) is 24.0 Å². The van der Waals surface area contributed by atoms with Gasteiger partial charge in [0.15, 0.2) is 5.96 Å². The first-order valence-electron chi connectivity index (χ1n) is 9.45. The summed E-state index contributed by atoms with van der Waals surface area (Å²) < 4.78 is 10.9. The van der Waals surface area contributed by atoms with Crippen LogP contribution in [0.3, 0.4) is 0 Å². The minimum absolute atomic E-state index is 0. The van der Waals surface area contributed by atoms with Gasteiger partial charge in [-0.3, -0.25) is 9.79 Å². The molecule has 1 heterocycles. The van der Waals surface area contributed by atoms with Gasteiger partial charge in [0.2, 0.25) is 0 Å². The molecule has 0 spiro atoms. The molecule has 1 fully saturated rings. The summed E-state index contributed by atoms with van der Waals surface area (Å²) in [5.74, 6) is 1.75. The summed E-state index contributed by atoms with van der Waals surface area (Å²) in [6.07, 6.45) is 2.53. The Labute approximate surface area is 179 Å². The van der Waals surface area contributed by atoms with Crippen molar-refractivity contribution in [1.29, 1.82) is 0 Å². The summed E-state index contributed by atoms with van der Waals surface area (Å²) in [5, 5.41) is 3.38. The molecule has 0 amide bonds. The van der Waals surface area contributed by atoms with E-state index in [9.17, 15) is 4.79 Å². The van der Waals surface area contributed by atoms with E-state index in [0.717, 1.165) is 50.6 Å². The number of esters is 1. The molecule has 6 nitrogen and oxygen atoms in total. The Kier molecular flexibility index (Phi) is 11.2. The Balaban J connectivity index is 0.00000364.